The van der Waals surface area contributed by atoms with E-state index >= 15 is 0 Å². The lowest BCUT2D eigenvalue weighted by atomic mass is 10.0. The van der Waals surface area contributed by atoms with Crippen LogP contribution in [0.1, 0.15) is 11.3 Å². The van der Waals surface area contributed by atoms with Gasteiger partial charge in [-0.2, -0.15) is 0 Å². The van der Waals surface area contributed by atoms with Gasteiger partial charge in [0.15, 0.2) is 34.9 Å². The van der Waals surface area contributed by atoms with Crippen molar-refractivity contribution in [1.29, 1.82) is 0 Å². The fraction of sp³-hybridized carbons (Fsp3) is 0.250. The van der Waals surface area contributed by atoms with Gasteiger partial charge < -0.3 is 31.4 Å². The zero-order valence-corrected chi connectivity index (χ0v) is 17.2. The maximum atomic E-state index is 11.6. The Morgan fingerprint density at radius 1 is 0.897 bits per heavy atom. The summed E-state index contributed by atoms with van der Waals surface area (Å²) in [5, 5.41) is 13.4. The molecule has 0 aliphatic heterocycles. The van der Waals surface area contributed by atoms with Crippen LogP contribution in [-0.2, 0) is 6.42 Å². The van der Waals surface area contributed by atoms with Crippen molar-refractivity contribution >= 4 is 16.5 Å². The van der Waals surface area contributed by atoms with Crippen molar-refractivity contribution in [2.75, 3.05) is 28.4 Å². The molecule has 0 saturated carbocycles. The van der Waals surface area contributed by atoms with Gasteiger partial charge >= 0.3 is 0 Å². The summed E-state index contributed by atoms with van der Waals surface area (Å²) in [5.41, 5.74) is 1.26. The number of hydrogen-bond donors (Lipinski definition) is 0. The lowest BCUT2D eigenvalue weighted by Gasteiger charge is -2.11. The van der Waals surface area contributed by atoms with Gasteiger partial charge in [-0.05, 0) is 23.6 Å². The van der Waals surface area contributed by atoms with Crippen LogP contribution >= 0.6 is 0 Å². The van der Waals surface area contributed by atoms with Gasteiger partial charge in [0.1, 0.15) is 0 Å². The van der Waals surface area contributed by atoms with E-state index in [2.05, 4.69) is 4.98 Å². The Labute approximate surface area is 173 Å². The van der Waals surface area contributed by atoms with Gasteiger partial charge in [0.05, 0.1) is 51.2 Å². The summed E-state index contributed by atoms with van der Waals surface area (Å²) in [5.74, 6) is 1.94. The lowest BCUT2D eigenvalue weighted by molar-refractivity contribution is -0.391. The van der Waals surface area contributed by atoms with E-state index < -0.39 is 4.92 Å². The second kappa shape index (κ2) is 9.29. The number of H-pyrrole nitrogens is 1. The number of hydrogen-bond acceptors (Lipinski definition) is 6. The molecular weight excluding hydrogens is 400 g/mol. The fourth-order valence-electron chi connectivity index (χ4n) is 3.16. The molecule has 1 heterocycles. The molecule has 1 aromatic heterocycles. The first kappa shape index (κ1) is 22.0. The number of pyridine rings is 1. The monoisotopic (exact) mass is 420 g/mol. The second-order valence-electron chi connectivity index (χ2n) is 6.02. The average Bonchev–Trinajstić information content (AvgIpc) is 2.72. The quantitative estimate of drug-likeness (QED) is 0.400. The highest BCUT2D eigenvalue weighted by atomic mass is 35.5. The van der Waals surface area contributed by atoms with Gasteiger partial charge in [0.25, 0.3) is 5.69 Å². The zero-order chi connectivity index (χ0) is 20.3. The van der Waals surface area contributed by atoms with E-state index in [0.717, 1.165) is 16.5 Å². The molecule has 9 heteroatoms. The number of aromatic amines is 1. The van der Waals surface area contributed by atoms with Crippen LogP contribution in [0.25, 0.3) is 10.8 Å². The summed E-state index contributed by atoms with van der Waals surface area (Å²) < 4.78 is 21.2. The number of nitro benzene ring substituents is 1. The van der Waals surface area contributed by atoms with Gasteiger partial charge in [0.2, 0.25) is 0 Å². The molecule has 154 valence electrons. The number of ether oxygens (including phenoxy) is 4. The Kier molecular flexibility index (Phi) is 7.06. The van der Waals surface area contributed by atoms with E-state index in [9.17, 15) is 10.1 Å². The minimum Gasteiger partial charge on any atom is -1.00 e. The van der Waals surface area contributed by atoms with E-state index in [1.54, 1.807) is 26.5 Å². The number of rotatable bonds is 7. The van der Waals surface area contributed by atoms with E-state index in [4.69, 9.17) is 18.9 Å². The minimum absolute atomic E-state index is 0. The number of nitrogens with zero attached hydrogens (tertiary/aromatic N) is 1. The summed E-state index contributed by atoms with van der Waals surface area (Å²) >= 11 is 0. The van der Waals surface area contributed by atoms with E-state index in [1.807, 2.05) is 18.2 Å². The van der Waals surface area contributed by atoms with Gasteiger partial charge in [-0.25, -0.2) is 4.98 Å². The Balaban J connectivity index is 0.00000300. The van der Waals surface area contributed by atoms with Crippen LogP contribution in [0.4, 0.5) is 5.69 Å². The molecule has 0 aliphatic rings. The number of nitro groups is 1. The van der Waals surface area contributed by atoms with Crippen LogP contribution in [0, 0.1) is 10.1 Å². The Morgan fingerprint density at radius 3 is 2.03 bits per heavy atom. The predicted octanol–water partition coefficient (Wildman–Crippen LogP) is 0.191. The SMILES string of the molecule is COc1cc(Cc2[nH+]ccc3cc(OC)c(OC)cc23)c([N+](=O)[O-])cc1OC.[Cl-]. The van der Waals surface area contributed by atoms with E-state index in [1.165, 1.54) is 20.3 Å². The predicted molar refractivity (Wildman–Crippen MR) is 103 cm³/mol. The van der Waals surface area contributed by atoms with Crippen molar-refractivity contribution < 1.29 is 41.3 Å². The molecule has 8 nitrogen and oxygen atoms in total. The largest absolute Gasteiger partial charge is 1.00 e. The number of fused-ring (bicyclic) bond motifs is 1. The number of benzene rings is 2. The molecule has 0 atom stereocenters. The lowest BCUT2D eigenvalue weighted by Crippen LogP contribution is -3.00. The average molecular weight is 421 g/mol. The summed E-state index contributed by atoms with van der Waals surface area (Å²) in [4.78, 5) is 14.4. The molecule has 0 aliphatic carbocycles. The van der Waals surface area contributed by atoms with Crippen LogP contribution in [0.5, 0.6) is 23.0 Å². The molecule has 0 radical (unpaired) electrons. The third-order valence-corrected chi connectivity index (χ3v) is 4.55. The summed E-state index contributed by atoms with van der Waals surface area (Å²) in [7, 11) is 6.08. The molecule has 0 saturated heterocycles. The second-order valence-corrected chi connectivity index (χ2v) is 6.02. The normalized spacial score (nSPS) is 10.2. The number of aromatic nitrogens is 1. The van der Waals surface area contributed by atoms with E-state index in [0.29, 0.717) is 35.0 Å². The number of methoxy groups -OCH3 is 4. The Bertz CT molecular complexity index is 1040. The topological polar surface area (TPSA) is 94.2 Å². The first-order valence-electron chi connectivity index (χ1n) is 8.47. The molecule has 0 spiro atoms. The third-order valence-electron chi connectivity index (χ3n) is 4.55. The van der Waals surface area contributed by atoms with Crippen molar-refractivity contribution in [3.05, 3.63) is 57.9 Å². The molecule has 0 unspecified atom stereocenters. The standard InChI is InChI=1S/C20H20N2O6.ClH/c1-25-17-8-12-5-6-21-15(14(12)10-19(17)27-3)7-13-9-18(26-2)20(28-4)11-16(13)22(23)24;/h5-6,8-11H,7H2,1-4H3;1H. The molecule has 2 aromatic carbocycles. The van der Waals surface area contributed by atoms with Gasteiger partial charge in [-0.1, -0.05) is 0 Å². The molecule has 0 amide bonds. The van der Waals surface area contributed by atoms with Gasteiger partial charge in [0, 0.05) is 11.6 Å². The fourth-order valence-corrected chi connectivity index (χ4v) is 3.16. The van der Waals surface area contributed by atoms with Crippen LogP contribution in [0.3, 0.4) is 0 Å². The molecular formula is C20H21ClN2O6. The molecule has 1 N–H and O–H groups in total. The van der Waals surface area contributed by atoms with Crippen LogP contribution in [0.15, 0.2) is 36.5 Å². The zero-order valence-electron chi connectivity index (χ0n) is 16.4. The van der Waals surface area contributed by atoms with Crippen LogP contribution in [0.2, 0.25) is 0 Å². The summed E-state index contributed by atoms with van der Waals surface area (Å²) in [6.07, 6.45) is 2.08. The van der Waals surface area contributed by atoms with Crippen molar-refractivity contribution in [3.63, 3.8) is 0 Å². The third kappa shape index (κ3) is 4.27. The maximum absolute atomic E-state index is 11.6. The van der Waals surface area contributed by atoms with Crippen molar-refractivity contribution in [1.82, 2.24) is 0 Å². The van der Waals surface area contributed by atoms with Gasteiger partial charge in [-0.15, -0.1) is 0 Å². The highest BCUT2D eigenvalue weighted by Gasteiger charge is 2.23. The summed E-state index contributed by atoms with van der Waals surface area (Å²) in [6, 6.07) is 8.64. The van der Waals surface area contributed by atoms with Crippen LogP contribution < -0.4 is 36.3 Å². The maximum Gasteiger partial charge on any atom is 0.277 e. The first-order chi connectivity index (χ1) is 13.5. The highest BCUT2D eigenvalue weighted by molar-refractivity contribution is 5.87. The highest BCUT2D eigenvalue weighted by Crippen LogP contribution is 2.37. The van der Waals surface area contributed by atoms with Crippen LogP contribution in [-0.4, -0.2) is 33.4 Å². The molecule has 0 bridgehead atoms. The van der Waals surface area contributed by atoms with Crippen molar-refractivity contribution in [2.24, 2.45) is 0 Å². The Hall–Kier alpha value is -3.26. The summed E-state index contributed by atoms with van der Waals surface area (Å²) in [6.45, 7) is 0. The first-order valence-corrected chi connectivity index (χ1v) is 8.47. The van der Waals surface area contributed by atoms with Gasteiger partial charge in [-0.3, -0.25) is 10.1 Å². The molecule has 29 heavy (non-hydrogen) atoms. The minimum atomic E-state index is -0.425. The molecule has 0 fully saturated rings. The molecule has 3 aromatic rings. The smallest absolute Gasteiger partial charge is 0.277 e. The number of nitrogens with one attached hydrogen (secondary N) is 1. The number of halogens is 1. The van der Waals surface area contributed by atoms with E-state index in [-0.39, 0.29) is 18.1 Å². The Morgan fingerprint density at radius 2 is 1.45 bits per heavy atom. The van der Waals surface area contributed by atoms with Crippen molar-refractivity contribution in [3.8, 4) is 23.0 Å². The molecule has 3 rings (SSSR count). The van der Waals surface area contributed by atoms with Crippen molar-refractivity contribution in [2.45, 2.75) is 6.42 Å².